The van der Waals surface area contributed by atoms with Crippen molar-refractivity contribution in [3.63, 3.8) is 0 Å². The molecule has 0 bridgehead atoms. The van der Waals surface area contributed by atoms with Crippen LogP contribution in [0, 0.1) is 0 Å². The summed E-state index contributed by atoms with van der Waals surface area (Å²) in [6, 6.07) is 6.14. The van der Waals surface area contributed by atoms with Gasteiger partial charge in [-0.05, 0) is 30.7 Å². The summed E-state index contributed by atoms with van der Waals surface area (Å²) in [6.07, 6.45) is 4.22. The molecule has 32 heavy (non-hydrogen) atoms. The van der Waals surface area contributed by atoms with Crippen LogP contribution < -0.4 is 14.4 Å². The zero-order valence-corrected chi connectivity index (χ0v) is 20.9. The molecule has 2 aliphatic heterocycles. The van der Waals surface area contributed by atoms with Crippen molar-refractivity contribution in [1.82, 2.24) is 19.8 Å². The van der Waals surface area contributed by atoms with Crippen molar-refractivity contribution in [2.75, 3.05) is 58.4 Å². The highest BCUT2D eigenvalue weighted by atomic mass is 35.5. The summed E-state index contributed by atoms with van der Waals surface area (Å²) >= 11 is 0. The van der Waals surface area contributed by atoms with E-state index in [2.05, 4.69) is 33.8 Å². The molecule has 0 radical (unpaired) electrons. The Morgan fingerprint density at radius 2 is 1.69 bits per heavy atom. The summed E-state index contributed by atoms with van der Waals surface area (Å²) in [7, 11) is 3.34. The molecule has 1 fully saturated rings. The zero-order chi connectivity index (χ0) is 20.9. The van der Waals surface area contributed by atoms with Gasteiger partial charge in [-0.2, -0.15) is 0 Å². The molecule has 0 unspecified atom stereocenters. The van der Waals surface area contributed by atoms with Gasteiger partial charge >= 0.3 is 0 Å². The minimum atomic E-state index is 0. The topological polar surface area (TPSA) is 54.0 Å². The Hall–Kier alpha value is -1.80. The minimum absolute atomic E-state index is 0. The second kappa shape index (κ2) is 12.4. The fourth-order valence-electron chi connectivity index (χ4n) is 4.38. The second-order valence-corrected chi connectivity index (χ2v) is 8.12. The Labute approximate surface area is 203 Å². The lowest BCUT2D eigenvalue weighted by molar-refractivity contribution is 0.241. The van der Waals surface area contributed by atoms with Crippen LogP contribution in [0.4, 0.5) is 5.95 Å². The number of fused-ring (bicyclic) bond motifs is 1. The molecule has 3 heterocycles. The Bertz CT molecular complexity index is 862. The SMILES string of the molecule is CCCN1CCN(c2ncc3c(n2)CCN(Cc2ccc(OC)c(OC)c2)C3)CC1.Cl.Cl. The first-order valence-corrected chi connectivity index (χ1v) is 11.0. The molecule has 7 nitrogen and oxygen atoms in total. The predicted molar refractivity (Wildman–Crippen MR) is 133 cm³/mol. The van der Waals surface area contributed by atoms with Crippen LogP contribution in [0.5, 0.6) is 11.5 Å². The number of benzene rings is 1. The van der Waals surface area contributed by atoms with Crippen molar-refractivity contribution in [3.05, 3.63) is 41.2 Å². The summed E-state index contributed by atoms with van der Waals surface area (Å²) < 4.78 is 10.8. The summed E-state index contributed by atoms with van der Waals surface area (Å²) in [5.41, 5.74) is 3.67. The number of methoxy groups -OCH3 is 2. The largest absolute Gasteiger partial charge is 0.493 e. The van der Waals surface area contributed by atoms with E-state index in [4.69, 9.17) is 19.4 Å². The molecule has 1 aromatic heterocycles. The van der Waals surface area contributed by atoms with Crippen LogP contribution in [0.3, 0.4) is 0 Å². The van der Waals surface area contributed by atoms with E-state index in [9.17, 15) is 0 Å². The second-order valence-electron chi connectivity index (χ2n) is 8.12. The van der Waals surface area contributed by atoms with Crippen LogP contribution in [0.2, 0.25) is 0 Å². The van der Waals surface area contributed by atoms with Gasteiger partial charge in [-0.1, -0.05) is 13.0 Å². The number of anilines is 1. The molecular weight excluding hydrogens is 449 g/mol. The van der Waals surface area contributed by atoms with Gasteiger partial charge in [0.25, 0.3) is 0 Å². The average Bonchev–Trinajstić information content (AvgIpc) is 2.79. The van der Waals surface area contributed by atoms with Crippen molar-refractivity contribution < 1.29 is 9.47 Å². The Kier molecular flexibility index (Phi) is 10.3. The van der Waals surface area contributed by atoms with Gasteiger partial charge in [0, 0.05) is 64.0 Å². The normalized spacial score (nSPS) is 16.5. The number of hydrogen-bond donors (Lipinski definition) is 0. The van der Waals surface area contributed by atoms with Crippen molar-refractivity contribution in [2.45, 2.75) is 32.9 Å². The molecule has 0 N–H and O–H groups in total. The minimum Gasteiger partial charge on any atom is -0.493 e. The predicted octanol–water partition coefficient (Wildman–Crippen LogP) is 3.43. The Morgan fingerprint density at radius 3 is 2.38 bits per heavy atom. The number of ether oxygens (including phenoxy) is 2. The first-order chi connectivity index (χ1) is 14.7. The fourth-order valence-corrected chi connectivity index (χ4v) is 4.38. The summed E-state index contributed by atoms with van der Waals surface area (Å²) in [6.45, 7) is 10.4. The van der Waals surface area contributed by atoms with Crippen molar-refractivity contribution in [2.24, 2.45) is 0 Å². The molecule has 9 heteroatoms. The summed E-state index contributed by atoms with van der Waals surface area (Å²) in [5, 5.41) is 0. The van der Waals surface area contributed by atoms with Crippen LogP contribution in [-0.2, 0) is 19.5 Å². The smallest absolute Gasteiger partial charge is 0.225 e. The van der Waals surface area contributed by atoms with Crippen molar-refractivity contribution in [1.29, 1.82) is 0 Å². The van der Waals surface area contributed by atoms with E-state index in [0.717, 1.165) is 69.7 Å². The molecule has 0 amide bonds. The number of halogens is 2. The van der Waals surface area contributed by atoms with Gasteiger partial charge in [0.15, 0.2) is 11.5 Å². The van der Waals surface area contributed by atoms with Crippen molar-refractivity contribution >= 4 is 30.8 Å². The molecule has 0 saturated carbocycles. The number of hydrogen-bond acceptors (Lipinski definition) is 7. The Balaban J connectivity index is 0.00000181. The molecule has 178 valence electrons. The lowest BCUT2D eigenvalue weighted by Gasteiger charge is -2.35. The maximum atomic E-state index is 5.44. The first kappa shape index (κ1) is 26.5. The van der Waals surface area contributed by atoms with Gasteiger partial charge in [0.05, 0.1) is 19.9 Å². The van der Waals surface area contributed by atoms with Gasteiger partial charge in [-0.15, -0.1) is 24.8 Å². The monoisotopic (exact) mass is 483 g/mol. The molecule has 4 rings (SSSR count). The molecule has 2 aromatic rings. The average molecular weight is 484 g/mol. The van der Waals surface area contributed by atoms with E-state index in [1.54, 1.807) is 14.2 Å². The van der Waals surface area contributed by atoms with Crippen LogP contribution >= 0.6 is 24.8 Å². The number of nitrogens with zero attached hydrogens (tertiary/aromatic N) is 5. The van der Waals surface area contributed by atoms with Gasteiger partial charge in [0.1, 0.15) is 0 Å². The van der Waals surface area contributed by atoms with E-state index in [1.807, 2.05) is 12.3 Å². The molecule has 0 atom stereocenters. The van der Waals surface area contributed by atoms with Gasteiger partial charge in [0.2, 0.25) is 5.95 Å². The standard InChI is InChI=1S/C23H33N5O2.2ClH/c1-4-8-26-10-12-28(13-11-26)23-24-15-19-17-27(9-7-20(19)25-23)16-18-5-6-21(29-2)22(14-18)30-3;;/h5-6,14-15H,4,7-13,16-17H2,1-3H3;2*1H. The lowest BCUT2D eigenvalue weighted by Crippen LogP contribution is -2.47. The third-order valence-electron chi connectivity index (χ3n) is 6.05. The maximum Gasteiger partial charge on any atom is 0.225 e. The number of piperazine rings is 1. The highest BCUT2D eigenvalue weighted by Crippen LogP contribution is 2.29. The first-order valence-electron chi connectivity index (χ1n) is 11.0. The quantitative estimate of drug-likeness (QED) is 0.597. The molecule has 1 saturated heterocycles. The van der Waals surface area contributed by atoms with E-state index in [1.165, 1.54) is 29.8 Å². The van der Waals surface area contributed by atoms with Crippen LogP contribution in [-0.4, -0.2) is 73.3 Å². The number of rotatable bonds is 7. The maximum absolute atomic E-state index is 5.44. The van der Waals surface area contributed by atoms with Crippen LogP contribution in [0.25, 0.3) is 0 Å². The van der Waals surface area contributed by atoms with Crippen molar-refractivity contribution in [3.8, 4) is 11.5 Å². The third-order valence-corrected chi connectivity index (χ3v) is 6.05. The van der Waals surface area contributed by atoms with E-state index in [-0.39, 0.29) is 24.8 Å². The van der Waals surface area contributed by atoms with Crippen LogP contribution in [0.1, 0.15) is 30.2 Å². The van der Waals surface area contributed by atoms with E-state index >= 15 is 0 Å². The number of aromatic nitrogens is 2. The zero-order valence-electron chi connectivity index (χ0n) is 19.2. The molecule has 0 spiro atoms. The van der Waals surface area contributed by atoms with Gasteiger partial charge < -0.3 is 14.4 Å². The molecule has 2 aliphatic rings. The lowest BCUT2D eigenvalue weighted by atomic mass is 10.1. The van der Waals surface area contributed by atoms with Gasteiger partial charge in [-0.3, -0.25) is 9.80 Å². The fraction of sp³-hybridized carbons (Fsp3) is 0.565. The van der Waals surface area contributed by atoms with Gasteiger partial charge in [-0.25, -0.2) is 9.97 Å². The van der Waals surface area contributed by atoms with Crippen LogP contribution in [0.15, 0.2) is 24.4 Å². The summed E-state index contributed by atoms with van der Waals surface area (Å²) in [5.74, 6) is 2.44. The van der Waals surface area contributed by atoms with E-state index < -0.39 is 0 Å². The van der Waals surface area contributed by atoms with E-state index in [0.29, 0.717) is 0 Å². The molecule has 1 aromatic carbocycles. The molecule has 0 aliphatic carbocycles. The highest BCUT2D eigenvalue weighted by molar-refractivity contribution is 5.85. The Morgan fingerprint density at radius 1 is 0.938 bits per heavy atom. The third kappa shape index (κ3) is 6.16. The molecular formula is C23H35Cl2N5O2. The summed E-state index contributed by atoms with van der Waals surface area (Å²) in [4.78, 5) is 16.9. The highest BCUT2D eigenvalue weighted by Gasteiger charge is 2.22.